The number of aromatic nitrogens is 1. The summed E-state index contributed by atoms with van der Waals surface area (Å²) < 4.78 is 3.05. The van der Waals surface area contributed by atoms with E-state index in [1.807, 2.05) is 34.9 Å². The molecule has 0 aromatic carbocycles. The SMILES string of the molecule is O=Cc1c(-c2cc(Cl)sc2Cl)cc2ccccn12. The largest absolute Gasteiger partial charge is 0.314 e. The lowest BCUT2D eigenvalue weighted by atomic mass is 10.1. The Hall–Kier alpha value is -1.29. The number of halogens is 2. The molecule has 0 aliphatic carbocycles. The van der Waals surface area contributed by atoms with E-state index in [-0.39, 0.29) is 0 Å². The van der Waals surface area contributed by atoms with Crippen LogP contribution in [0.4, 0.5) is 0 Å². The highest BCUT2D eigenvalue weighted by Crippen LogP contribution is 2.40. The van der Waals surface area contributed by atoms with Crippen LogP contribution in [0.1, 0.15) is 10.5 Å². The minimum Gasteiger partial charge on any atom is -0.314 e. The zero-order valence-corrected chi connectivity index (χ0v) is 11.4. The fourth-order valence-corrected chi connectivity index (χ4v) is 3.50. The molecule has 3 aromatic rings. The summed E-state index contributed by atoms with van der Waals surface area (Å²) >= 11 is 13.4. The number of thiophene rings is 1. The number of rotatable bonds is 2. The second-order valence-corrected chi connectivity index (χ2v) is 6.08. The summed E-state index contributed by atoms with van der Waals surface area (Å²) in [6.07, 6.45) is 2.69. The number of aldehydes is 1. The van der Waals surface area contributed by atoms with E-state index in [0.717, 1.165) is 22.9 Å². The van der Waals surface area contributed by atoms with Gasteiger partial charge in [0.25, 0.3) is 0 Å². The Morgan fingerprint density at radius 1 is 1.17 bits per heavy atom. The second kappa shape index (κ2) is 4.43. The Morgan fingerprint density at radius 2 is 2.00 bits per heavy atom. The van der Waals surface area contributed by atoms with Gasteiger partial charge in [0.1, 0.15) is 4.34 Å². The van der Waals surface area contributed by atoms with Gasteiger partial charge >= 0.3 is 0 Å². The highest BCUT2D eigenvalue weighted by atomic mass is 35.5. The van der Waals surface area contributed by atoms with Gasteiger partial charge in [0.05, 0.1) is 10.0 Å². The molecule has 0 bridgehead atoms. The maximum atomic E-state index is 11.3. The van der Waals surface area contributed by atoms with Crippen molar-refractivity contribution in [3.8, 4) is 11.1 Å². The molecule has 0 radical (unpaired) electrons. The van der Waals surface area contributed by atoms with Crippen molar-refractivity contribution in [2.24, 2.45) is 0 Å². The van der Waals surface area contributed by atoms with Gasteiger partial charge in [-0.15, -0.1) is 11.3 Å². The number of carbonyl (C=O) groups excluding carboxylic acids is 1. The van der Waals surface area contributed by atoms with Crippen LogP contribution in [0.5, 0.6) is 0 Å². The highest BCUT2D eigenvalue weighted by molar-refractivity contribution is 7.20. The normalized spacial score (nSPS) is 11.0. The molecule has 0 aliphatic heterocycles. The van der Waals surface area contributed by atoms with Crippen LogP contribution < -0.4 is 0 Å². The molecule has 3 heterocycles. The molecule has 0 fully saturated rings. The lowest BCUT2D eigenvalue weighted by molar-refractivity contribution is 0.111. The van der Waals surface area contributed by atoms with Gasteiger partial charge in [-0.2, -0.15) is 0 Å². The molecule has 0 spiro atoms. The molecular weight excluding hydrogens is 289 g/mol. The molecule has 0 saturated heterocycles. The standard InChI is InChI=1S/C13H7Cl2NOS/c14-12-6-10(13(15)18-12)9-5-8-3-1-2-4-16(8)11(9)7-17/h1-7H. The maximum absolute atomic E-state index is 11.3. The molecule has 2 nitrogen and oxygen atoms in total. The van der Waals surface area contributed by atoms with Crippen LogP contribution >= 0.6 is 34.5 Å². The Balaban J connectivity index is 2.35. The fraction of sp³-hybridized carbons (Fsp3) is 0. The van der Waals surface area contributed by atoms with Gasteiger partial charge in [0, 0.05) is 22.8 Å². The van der Waals surface area contributed by atoms with Crippen LogP contribution in [-0.2, 0) is 0 Å². The van der Waals surface area contributed by atoms with Crippen molar-refractivity contribution in [2.45, 2.75) is 0 Å². The number of fused-ring (bicyclic) bond motifs is 1. The highest BCUT2D eigenvalue weighted by Gasteiger charge is 2.15. The van der Waals surface area contributed by atoms with Gasteiger partial charge in [-0.1, -0.05) is 29.3 Å². The van der Waals surface area contributed by atoms with Crippen LogP contribution in [0.3, 0.4) is 0 Å². The van der Waals surface area contributed by atoms with Gasteiger partial charge in [0.15, 0.2) is 6.29 Å². The van der Waals surface area contributed by atoms with Crippen molar-refractivity contribution < 1.29 is 4.79 Å². The lowest BCUT2D eigenvalue weighted by Gasteiger charge is -1.98. The van der Waals surface area contributed by atoms with Crippen molar-refractivity contribution >= 4 is 46.3 Å². The summed E-state index contributed by atoms with van der Waals surface area (Å²) in [5.41, 5.74) is 3.15. The number of hydrogen-bond acceptors (Lipinski definition) is 2. The molecular formula is C13H7Cl2NOS. The van der Waals surface area contributed by atoms with E-state index in [2.05, 4.69) is 0 Å². The Labute approximate surface area is 117 Å². The number of carbonyl (C=O) groups is 1. The van der Waals surface area contributed by atoms with E-state index in [0.29, 0.717) is 14.4 Å². The molecule has 90 valence electrons. The minimum atomic E-state index is 0.585. The average Bonchev–Trinajstić information content (AvgIpc) is 2.88. The summed E-state index contributed by atoms with van der Waals surface area (Å²) in [5, 5.41) is 0. The monoisotopic (exact) mass is 295 g/mol. The number of hydrogen-bond donors (Lipinski definition) is 0. The molecule has 18 heavy (non-hydrogen) atoms. The van der Waals surface area contributed by atoms with Crippen LogP contribution in [0.15, 0.2) is 36.5 Å². The third kappa shape index (κ3) is 1.75. The summed E-state index contributed by atoms with van der Waals surface area (Å²) in [7, 11) is 0. The molecule has 5 heteroatoms. The fourth-order valence-electron chi connectivity index (χ4n) is 2.00. The zero-order valence-electron chi connectivity index (χ0n) is 9.06. The second-order valence-electron chi connectivity index (χ2n) is 3.79. The molecule has 3 aromatic heterocycles. The summed E-state index contributed by atoms with van der Waals surface area (Å²) in [6.45, 7) is 0. The zero-order chi connectivity index (χ0) is 12.7. The van der Waals surface area contributed by atoms with E-state index >= 15 is 0 Å². The maximum Gasteiger partial charge on any atom is 0.167 e. The molecule has 0 unspecified atom stereocenters. The molecule has 0 amide bonds. The quantitative estimate of drug-likeness (QED) is 0.623. The van der Waals surface area contributed by atoms with Gasteiger partial charge in [-0.05, 0) is 24.3 Å². The van der Waals surface area contributed by atoms with Gasteiger partial charge in [-0.25, -0.2) is 0 Å². The minimum absolute atomic E-state index is 0.585. The van der Waals surface area contributed by atoms with Crippen molar-refractivity contribution in [1.29, 1.82) is 0 Å². The summed E-state index contributed by atoms with van der Waals surface area (Å²) in [6, 6.07) is 9.48. The first-order chi connectivity index (χ1) is 8.70. The topological polar surface area (TPSA) is 21.5 Å². The van der Waals surface area contributed by atoms with Crippen LogP contribution in [0, 0.1) is 0 Å². The van der Waals surface area contributed by atoms with E-state index < -0.39 is 0 Å². The third-order valence-corrected chi connectivity index (χ3v) is 4.27. The van der Waals surface area contributed by atoms with Gasteiger partial charge in [0.2, 0.25) is 0 Å². The van der Waals surface area contributed by atoms with E-state index in [1.54, 1.807) is 6.07 Å². The van der Waals surface area contributed by atoms with Crippen molar-refractivity contribution in [1.82, 2.24) is 4.40 Å². The molecule has 0 atom stereocenters. The number of pyridine rings is 1. The Kier molecular flexibility index (Phi) is 2.90. The Bertz CT molecular complexity index is 745. The number of nitrogens with zero attached hydrogens (tertiary/aromatic N) is 1. The van der Waals surface area contributed by atoms with Crippen molar-refractivity contribution in [3.63, 3.8) is 0 Å². The van der Waals surface area contributed by atoms with Gasteiger partial charge < -0.3 is 4.40 Å². The van der Waals surface area contributed by atoms with Crippen LogP contribution in [0.25, 0.3) is 16.6 Å². The van der Waals surface area contributed by atoms with E-state index in [9.17, 15) is 4.79 Å². The first-order valence-corrected chi connectivity index (χ1v) is 6.78. The average molecular weight is 296 g/mol. The van der Waals surface area contributed by atoms with Crippen molar-refractivity contribution in [2.75, 3.05) is 0 Å². The van der Waals surface area contributed by atoms with Crippen molar-refractivity contribution in [3.05, 3.63) is 50.9 Å². The van der Waals surface area contributed by atoms with E-state index in [4.69, 9.17) is 23.2 Å². The smallest absolute Gasteiger partial charge is 0.167 e. The first-order valence-electron chi connectivity index (χ1n) is 5.21. The predicted octanol–water partition coefficient (Wildman–Crippen LogP) is 4.79. The van der Waals surface area contributed by atoms with Crippen LogP contribution in [0.2, 0.25) is 8.67 Å². The van der Waals surface area contributed by atoms with Crippen LogP contribution in [-0.4, -0.2) is 10.7 Å². The van der Waals surface area contributed by atoms with E-state index in [1.165, 1.54) is 11.3 Å². The predicted molar refractivity (Wildman–Crippen MR) is 76.1 cm³/mol. The Morgan fingerprint density at radius 3 is 2.67 bits per heavy atom. The first kappa shape index (κ1) is 11.8. The molecule has 0 N–H and O–H groups in total. The molecule has 0 aliphatic rings. The van der Waals surface area contributed by atoms with Gasteiger partial charge in [-0.3, -0.25) is 4.79 Å². The summed E-state index contributed by atoms with van der Waals surface area (Å²) in [4.78, 5) is 11.3. The third-order valence-electron chi connectivity index (χ3n) is 2.78. The molecule has 0 saturated carbocycles. The summed E-state index contributed by atoms with van der Waals surface area (Å²) in [5.74, 6) is 0. The lowest BCUT2D eigenvalue weighted by Crippen LogP contribution is -1.90. The molecule has 3 rings (SSSR count).